The molecule has 0 atom stereocenters. The Labute approximate surface area is 269 Å². The molecule has 4 aromatic heterocycles. The first-order valence-corrected chi connectivity index (χ1v) is 15.3. The first-order valence-electron chi connectivity index (χ1n) is 15.3. The summed E-state index contributed by atoms with van der Waals surface area (Å²) in [5.41, 5.74) is 7.46. The highest BCUT2D eigenvalue weighted by molar-refractivity contribution is 6.05. The Bertz CT molecular complexity index is 2520. The zero-order valence-corrected chi connectivity index (χ0v) is 24.9. The van der Waals surface area contributed by atoms with Crippen molar-refractivity contribution in [1.29, 1.82) is 0 Å². The highest BCUT2D eigenvalue weighted by Gasteiger charge is 2.17. The van der Waals surface area contributed by atoms with E-state index in [9.17, 15) is 0 Å². The molecule has 47 heavy (non-hydrogen) atoms. The van der Waals surface area contributed by atoms with E-state index in [1.54, 1.807) is 6.20 Å². The molecule has 0 amide bonds. The van der Waals surface area contributed by atoms with E-state index >= 15 is 0 Å². The normalized spacial score (nSPS) is 11.4. The minimum Gasteiger partial charge on any atom is -0.454 e. The molecule has 0 aliphatic rings. The Morgan fingerprint density at radius 3 is 1.72 bits per heavy atom. The summed E-state index contributed by atoms with van der Waals surface area (Å²) in [7, 11) is 0. The van der Waals surface area contributed by atoms with Crippen molar-refractivity contribution >= 4 is 32.8 Å². The van der Waals surface area contributed by atoms with Gasteiger partial charge < -0.3 is 4.42 Å². The van der Waals surface area contributed by atoms with E-state index in [0.717, 1.165) is 60.8 Å². The molecule has 0 saturated heterocycles. The van der Waals surface area contributed by atoms with Crippen LogP contribution in [0.5, 0.6) is 0 Å². The molecular formula is C40H24N6O. The maximum Gasteiger partial charge on any atom is 0.179 e. The summed E-state index contributed by atoms with van der Waals surface area (Å²) in [6, 6.07) is 46.2. The van der Waals surface area contributed by atoms with Crippen LogP contribution in [0.4, 0.5) is 0 Å². The van der Waals surface area contributed by atoms with Crippen LogP contribution in [0.1, 0.15) is 0 Å². The fourth-order valence-electron chi connectivity index (χ4n) is 5.91. The van der Waals surface area contributed by atoms with Gasteiger partial charge in [0.05, 0.1) is 17.4 Å². The maximum absolute atomic E-state index is 6.02. The summed E-state index contributed by atoms with van der Waals surface area (Å²) in [4.78, 5) is 29.5. The SMILES string of the molecule is c1ccc(-c2nc(-c3ccccc3)nc(-c3cccc(-c4nc(-c5cc6c(cn5)oc5ccccc56)nc5ccccc45)c3)n2)cc1. The van der Waals surface area contributed by atoms with Crippen LogP contribution < -0.4 is 0 Å². The van der Waals surface area contributed by atoms with E-state index in [1.807, 2.05) is 121 Å². The number of hydrogen-bond acceptors (Lipinski definition) is 7. The van der Waals surface area contributed by atoms with Crippen molar-refractivity contribution in [3.8, 4) is 56.9 Å². The molecule has 0 aliphatic heterocycles. The Balaban J connectivity index is 1.20. The van der Waals surface area contributed by atoms with Crippen LogP contribution in [-0.4, -0.2) is 29.9 Å². The van der Waals surface area contributed by atoms with Crippen LogP contribution in [-0.2, 0) is 0 Å². The fraction of sp³-hybridized carbons (Fsp3) is 0. The summed E-state index contributed by atoms with van der Waals surface area (Å²) in [5.74, 6) is 2.34. The van der Waals surface area contributed by atoms with Gasteiger partial charge in [0.25, 0.3) is 0 Å². The Morgan fingerprint density at radius 2 is 0.979 bits per heavy atom. The van der Waals surface area contributed by atoms with Crippen molar-refractivity contribution in [1.82, 2.24) is 29.9 Å². The lowest BCUT2D eigenvalue weighted by atomic mass is 10.0. The molecule has 0 fully saturated rings. The smallest absolute Gasteiger partial charge is 0.179 e. The zero-order chi connectivity index (χ0) is 31.2. The molecule has 0 unspecified atom stereocenters. The topological polar surface area (TPSA) is 90.5 Å². The van der Waals surface area contributed by atoms with Gasteiger partial charge in [0.1, 0.15) is 11.3 Å². The summed E-state index contributed by atoms with van der Waals surface area (Å²) >= 11 is 0. The van der Waals surface area contributed by atoms with Crippen LogP contribution in [0.3, 0.4) is 0 Å². The number of fused-ring (bicyclic) bond motifs is 4. The number of para-hydroxylation sites is 2. The summed E-state index contributed by atoms with van der Waals surface area (Å²) in [6.07, 6.45) is 1.75. The number of furan rings is 1. The quantitative estimate of drug-likeness (QED) is 0.193. The molecular weight excluding hydrogens is 580 g/mol. The second-order valence-electron chi connectivity index (χ2n) is 11.2. The van der Waals surface area contributed by atoms with Crippen LogP contribution in [0, 0.1) is 0 Å². The molecule has 5 aromatic carbocycles. The second-order valence-corrected chi connectivity index (χ2v) is 11.2. The van der Waals surface area contributed by atoms with Crippen molar-refractivity contribution < 1.29 is 4.42 Å². The Kier molecular flexibility index (Phi) is 6.31. The molecule has 0 aliphatic carbocycles. The molecule has 0 spiro atoms. The minimum atomic E-state index is 0.536. The highest BCUT2D eigenvalue weighted by Crippen LogP contribution is 2.34. The van der Waals surface area contributed by atoms with Gasteiger partial charge in [-0.2, -0.15) is 0 Å². The zero-order valence-electron chi connectivity index (χ0n) is 24.9. The van der Waals surface area contributed by atoms with Gasteiger partial charge in [0, 0.05) is 38.4 Å². The first-order chi connectivity index (χ1) is 23.3. The van der Waals surface area contributed by atoms with Gasteiger partial charge in [0.2, 0.25) is 0 Å². The van der Waals surface area contributed by atoms with Crippen LogP contribution in [0.25, 0.3) is 89.8 Å². The van der Waals surface area contributed by atoms with E-state index in [2.05, 4.69) is 18.2 Å². The predicted octanol–water partition coefficient (Wildman–Crippen LogP) is 9.44. The maximum atomic E-state index is 6.02. The van der Waals surface area contributed by atoms with Crippen molar-refractivity contribution in [2.75, 3.05) is 0 Å². The lowest BCUT2D eigenvalue weighted by molar-refractivity contribution is 0.667. The van der Waals surface area contributed by atoms with E-state index in [1.165, 1.54) is 0 Å². The van der Waals surface area contributed by atoms with E-state index in [-0.39, 0.29) is 0 Å². The van der Waals surface area contributed by atoms with Crippen LogP contribution in [0.15, 0.2) is 150 Å². The molecule has 0 bridgehead atoms. The Morgan fingerprint density at radius 1 is 0.383 bits per heavy atom. The number of benzene rings is 5. The third-order valence-electron chi connectivity index (χ3n) is 8.19. The fourth-order valence-corrected chi connectivity index (χ4v) is 5.91. The molecule has 0 radical (unpaired) electrons. The number of hydrogen-bond donors (Lipinski definition) is 0. The third-order valence-corrected chi connectivity index (χ3v) is 8.19. The molecule has 0 N–H and O–H groups in total. The Hall–Kier alpha value is -6.60. The molecule has 0 saturated carbocycles. The molecule has 4 heterocycles. The van der Waals surface area contributed by atoms with Crippen molar-refractivity contribution in [2.45, 2.75) is 0 Å². The molecule has 7 nitrogen and oxygen atoms in total. The number of nitrogens with zero attached hydrogens (tertiary/aromatic N) is 6. The second kappa shape index (κ2) is 11.1. The van der Waals surface area contributed by atoms with Crippen molar-refractivity contribution in [2.24, 2.45) is 0 Å². The van der Waals surface area contributed by atoms with Gasteiger partial charge >= 0.3 is 0 Å². The van der Waals surface area contributed by atoms with E-state index in [4.69, 9.17) is 34.3 Å². The van der Waals surface area contributed by atoms with Crippen LogP contribution >= 0.6 is 0 Å². The molecule has 7 heteroatoms. The summed E-state index contributed by atoms with van der Waals surface area (Å²) in [6.45, 7) is 0. The molecule has 9 rings (SSSR count). The number of aromatic nitrogens is 6. The van der Waals surface area contributed by atoms with Gasteiger partial charge in [-0.25, -0.2) is 29.9 Å². The monoisotopic (exact) mass is 604 g/mol. The summed E-state index contributed by atoms with van der Waals surface area (Å²) < 4.78 is 6.02. The van der Waals surface area contributed by atoms with Gasteiger partial charge in [-0.05, 0) is 24.3 Å². The lowest BCUT2D eigenvalue weighted by Gasteiger charge is -2.11. The predicted molar refractivity (Wildman–Crippen MR) is 185 cm³/mol. The average molecular weight is 605 g/mol. The standard InChI is InChI=1S/C40H24N6O/c1-3-12-25(13-4-1)37-44-38(26-14-5-2-6-15-26)46-39(45-37)28-17-11-16-27(22-28)36-30-19-7-9-20-32(30)42-40(43-36)33-23-31-29-18-8-10-21-34(29)47-35(31)24-41-33/h1-24H. The average Bonchev–Trinajstić information content (AvgIpc) is 3.53. The number of pyridine rings is 1. The third kappa shape index (κ3) is 4.87. The van der Waals surface area contributed by atoms with Gasteiger partial charge in [-0.3, -0.25) is 0 Å². The van der Waals surface area contributed by atoms with E-state index < -0.39 is 0 Å². The van der Waals surface area contributed by atoms with Crippen molar-refractivity contribution in [3.05, 3.63) is 146 Å². The largest absolute Gasteiger partial charge is 0.454 e. The molecule has 220 valence electrons. The van der Waals surface area contributed by atoms with Gasteiger partial charge in [-0.1, -0.05) is 115 Å². The van der Waals surface area contributed by atoms with E-state index in [0.29, 0.717) is 29.0 Å². The highest BCUT2D eigenvalue weighted by atomic mass is 16.3. The van der Waals surface area contributed by atoms with Gasteiger partial charge in [0.15, 0.2) is 28.9 Å². The lowest BCUT2D eigenvalue weighted by Crippen LogP contribution is -2.00. The van der Waals surface area contributed by atoms with Gasteiger partial charge in [-0.15, -0.1) is 0 Å². The minimum absolute atomic E-state index is 0.536. The number of rotatable bonds is 5. The first kappa shape index (κ1) is 26.8. The van der Waals surface area contributed by atoms with Crippen molar-refractivity contribution in [3.63, 3.8) is 0 Å². The summed E-state index contributed by atoms with van der Waals surface area (Å²) in [5, 5.41) is 2.94. The van der Waals surface area contributed by atoms with Crippen LogP contribution in [0.2, 0.25) is 0 Å². The molecule has 9 aromatic rings.